The van der Waals surface area contributed by atoms with Gasteiger partial charge in [-0.15, -0.1) is 0 Å². The molecule has 0 aromatic heterocycles. The minimum Gasteiger partial charge on any atom is -0.494 e. The van der Waals surface area contributed by atoms with Crippen LogP contribution in [0.3, 0.4) is 0 Å². The van der Waals surface area contributed by atoms with Crippen LogP contribution >= 0.6 is 0 Å². The third-order valence-corrected chi connectivity index (χ3v) is 4.52. The summed E-state index contributed by atoms with van der Waals surface area (Å²) in [5, 5.41) is 3.45. The smallest absolute Gasteiger partial charge is 0.165 e. The lowest BCUT2D eigenvalue weighted by Gasteiger charge is -2.35. The normalized spacial score (nSPS) is 26.5. The Morgan fingerprint density at radius 1 is 1.35 bits per heavy atom. The van der Waals surface area contributed by atoms with Gasteiger partial charge in [0.1, 0.15) is 0 Å². The van der Waals surface area contributed by atoms with Crippen molar-refractivity contribution in [1.82, 2.24) is 5.32 Å². The first kappa shape index (κ1) is 15.3. The van der Waals surface area contributed by atoms with Crippen LogP contribution in [0.25, 0.3) is 0 Å². The van der Waals surface area contributed by atoms with Gasteiger partial charge in [0, 0.05) is 0 Å². The molecule has 0 aliphatic heterocycles. The maximum Gasteiger partial charge on any atom is 0.165 e. The second-order valence-electron chi connectivity index (χ2n) is 5.99. The van der Waals surface area contributed by atoms with Crippen molar-refractivity contribution in [2.45, 2.75) is 39.0 Å². The summed E-state index contributed by atoms with van der Waals surface area (Å²) in [7, 11) is 1.51. The van der Waals surface area contributed by atoms with E-state index in [-0.39, 0.29) is 5.82 Å². The van der Waals surface area contributed by atoms with Crippen molar-refractivity contribution in [3.05, 3.63) is 29.6 Å². The summed E-state index contributed by atoms with van der Waals surface area (Å²) in [6.07, 6.45) is 3.67. The second kappa shape index (κ2) is 7.07. The van der Waals surface area contributed by atoms with Crippen LogP contribution in [0.2, 0.25) is 0 Å². The molecule has 0 heterocycles. The summed E-state index contributed by atoms with van der Waals surface area (Å²) in [5.74, 6) is 1.88. The molecule has 0 amide bonds. The number of ether oxygens (including phenoxy) is 1. The zero-order chi connectivity index (χ0) is 14.5. The van der Waals surface area contributed by atoms with Crippen molar-refractivity contribution in [2.24, 2.45) is 11.8 Å². The molecule has 2 rings (SSSR count). The van der Waals surface area contributed by atoms with Crippen LogP contribution in [-0.4, -0.2) is 20.2 Å². The minimum atomic E-state index is -0.245. The number of nitrogens with one attached hydrogen (secondary N) is 1. The Kier molecular flexibility index (Phi) is 5.41. The highest BCUT2D eigenvalue weighted by Crippen LogP contribution is 2.41. The first-order valence-electron chi connectivity index (χ1n) is 7.69. The van der Waals surface area contributed by atoms with E-state index < -0.39 is 0 Å². The lowest BCUT2D eigenvalue weighted by atomic mass is 9.71. The van der Waals surface area contributed by atoms with Crippen molar-refractivity contribution in [2.75, 3.05) is 20.2 Å². The molecule has 3 unspecified atom stereocenters. The van der Waals surface area contributed by atoms with Crippen molar-refractivity contribution in [1.29, 1.82) is 0 Å². The average Bonchev–Trinajstić information content (AvgIpc) is 2.46. The Morgan fingerprint density at radius 3 is 2.80 bits per heavy atom. The molecular weight excluding hydrogens is 253 g/mol. The van der Waals surface area contributed by atoms with Gasteiger partial charge < -0.3 is 10.1 Å². The molecule has 1 aromatic carbocycles. The summed E-state index contributed by atoms with van der Waals surface area (Å²) >= 11 is 0. The van der Waals surface area contributed by atoms with Gasteiger partial charge in [-0.1, -0.05) is 26.3 Å². The SMILES string of the molecule is CCNCC1CCC(C)CC1c1ccc(OC)c(F)c1. The van der Waals surface area contributed by atoms with E-state index in [1.807, 2.05) is 6.07 Å². The summed E-state index contributed by atoms with van der Waals surface area (Å²) in [6.45, 7) is 6.46. The van der Waals surface area contributed by atoms with Crippen molar-refractivity contribution in [3.63, 3.8) is 0 Å². The molecule has 1 aliphatic carbocycles. The molecule has 1 aliphatic rings. The van der Waals surface area contributed by atoms with Gasteiger partial charge in [-0.05, 0) is 61.4 Å². The largest absolute Gasteiger partial charge is 0.494 e. The number of halogens is 1. The van der Waals surface area contributed by atoms with E-state index in [0.29, 0.717) is 17.6 Å². The van der Waals surface area contributed by atoms with E-state index >= 15 is 0 Å². The van der Waals surface area contributed by atoms with E-state index in [9.17, 15) is 4.39 Å². The Balaban J connectivity index is 2.18. The van der Waals surface area contributed by atoms with E-state index in [1.165, 1.54) is 20.0 Å². The van der Waals surface area contributed by atoms with Crippen molar-refractivity contribution < 1.29 is 9.13 Å². The topological polar surface area (TPSA) is 21.3 Å². The first-order chi connectivity index (χ1) is 9.65. The molecule has 1 saturated carbocycles. The van der Waals surface area contributed by atoms with E-state index in [0.717, 1.165) is 31.0 Å². The Bertz CT molecular complexity index is 433. The molecule has 3 atom stereocenters. The molecule has 0 spiro atoms. The zero-order valence-corrected chi connectivity index (χ0v) is 12.8. The van der Waals surface area contributed by atoms with Gasteiger partial charge >= 0.3 is 0 Å². The molecule has 0 radical (unpaired) electrons. The molecule has 1 N–H and O–H groups in total. The van der Waals surface area contributed by atoms with Gasteiger partial charge in [-0.2, -0.15) is 0 Å². The lowest BCUT2D eigenvalue weighted by molar-refractivity contribution is 0.242. The van der Waals surface area contributed by atoms with Crippen LogP contribution in [0.1, 0.15) is 44.6 Å². The van der Waals surface area contributed by atoms with Gasteiger partial charge in [-0.3, -0.25) is 0 Å². The molecule has 112 valence electrons. The van der Waals surface area contributed by atoms with Crippen LogP contribution in [0.5, 0.6) is 5.75 Å². The maximum absolute atomic E-state index is 13.9. The van der Waals surface area contributed by atoms with Crippen LogP contribution < -0.4 is 10.1 Å². The Hall–Kier alpha value is -1.09. The fourth-order valence-corrected chi connectivity index (χ4v) is 3.34. The third-order valence-electron chi connectivity index (χ3n) is 4.52. The van der Waals surface area contributed by atoms with Crippen LogP contribution in [0.4, 0.5) is 4.39 Å². The van der Waals surface area contributed by atoms with Crippen LogP contribution in [0, 0.1) is 17.7 Å². The number of rotatable bonds is 5. The van der Waals surface area contributed by atoms with E-state index in [1.54, 1.807) is 12.1 Å². The predicted octanol–water partition coefficient (Wildman–Crippen LogP) is 3.96. The third kappa shape index (κ3) is 3.51. The van der Waals surface area contributed by atoms with Crippen molar-refractivity contribution in [3.8, 4) is 5.75 Å². The monoisotopic (exact) mass is 279 g/mol. The Morgan fingerprint density at radius 2 is 2.15 bits per heavy atom. The molecule has 20 heavy (non-hydrogen) atoms. The summed E-state index contributed by atoms with van der Waals surface area (Å²) in [6, 6.07) is 5.46. The van der Waals surface area contributed by atoms with Gasteiger partial charge in [0.05, 0.1) is 7.11 Å². The van der Waals surface area contributed by atoms with Gasteiger partial charge in [0.15, 0.2) is 11.6 Å². The standard InChI is InChI=1S/C17H26FNO/c1-4-19-11-14-6-5-12(2)9-15(14)13-7-8-17(20-3)16(18)10-13/h7-8,10,12,14-15,19H,4-6,9,11H2,1-3H3. The van der Waals surface area contributed by atoms with Crippen LogP contribution in [0.15, 0.2) is 18.2 Å². The summed E-state index contributed by atoms with van der Waals surface area (Å²) < 4.78 is 19.0. The Labute approximate surface area is 121 Å². The highest BCUT2D eigenvalue weighted by atomic mass is 19.1. The molecule has 3 heteroatoms. The number of hydrogen-bond acceptors (Lipinski definition) is 2. The van der Waals surface area contributed by atoms with Crippen molar-refractivity contribution >= 4 is 0 Å². The molecule has 2 nitrogen and oxygen atoms in total. The van der Waals surface area contributed by atoms with Gasteiger partial charge in [0.2, 0.25) is 0 Å². The fourth-order valence-electron chi connectivity index (χ4n) is 3.34. The number of hydrogen-bond donors (Lipinski definition) is 1. The van der Waals surface area contributed by atoms with E-state index in [2.05, 4.69) is 19.2 Å². The second-order valence-corrected chi connectivity index (χ2v) is 5.99. The maximum atomic E-state index is 13.9. The van der Waals surface area contributed by atoms with E-state index in [4.69, 9.17) is 4.74 Å². The summed E-state index contributed by atoms with van der Waals surface area (Å²) in [5.41, 5.74) is 1.12. The molecule has 1 aromatic rings. The molecule has 1 fully saturated rings. The quantitative estimate of drug-likeness (QED) is 0.880. The first-order valence-corrected chi connectivity index (χ1v) is 7.69. The predicted molar refractivity (Wildman–Crippen MR) is 80.7 cm³/mol. The minimum absolute atomic E-state index is 0.245. The zero-order valence-electron chi connectivity index (χ0n) is 12.8. The molecule has 0 bridgehead atoms. The fraction of sp³-hybridized carbons (Fsp3) is 0.647. The number of benzene rings is 1. The molecular formula is C17H26FNO. The van der Waals surface area contributed by atoms with Gasteiger partial charge in [0.25, 0.3) is 0 Å². The number of methoxy groups -OCH3 is 1. The van der Waals surface area contributed by atoms with Gasteiger partial charge in [-0.25, -0.2) is 4.39 Å². The molecule has 0 saturated heterocycles. The highest BCUT2D eigenvalue weighted by molar-refractivity contribution is 5.32. The highest BCUT2D eigenvalue weighted by Gasteiger charge is 2.29. The lowest BCUT2D eigenvalue weighted by Crippen LogP contribution is -2.31. The average molecular weight is 279 g/mol. The summed E-state index contributed by atoms with van der Waals surface area (Å²) in [4.78, 5) is 0. The van der Waals surface area contributed by atoms with Crippen LogP contribution in [-0.2, 0) is 0 Å².